The summed E-state index contributed by atoms with van der Waals surface area (Å²) in [6.07, 6.45) is 1.30. The molecule has 2 N–H and O–H groups in total. The van der Waals surface area contributed by atoms with Gasteiger partial charge in [-0.05, 0) is 35.9 Å². The second-order valence-electron chi connectivity index (χ2n) is 5.17. The fraction of sp³-hybridized carbons (Fsp3) is 0. The second-order valence-corrected chi connectivity index (χ2v) is 5.17. The van der Waals surface area contributed by atoms with E-state index in [1.54, 1.807) is 42.5 Å². The summed E-state index contributed by atoms with van der Waals surface area (Å²) in [5, 5.41) is 41.3. The highest BCUT2D eigenvalue weighted by molar-refractivity contribution is 5.96. The molecule has 0 aromatic heterocycles. The number of nitro groups is 1. The first-order chi connectivity index (χ1) is 13.0. The van der Waals surface area contributed by atoms with Crippen LogP contribution in [0.5, 0.6) is 0 Å². The van der Waals surface area contributed by atoms with Crippen molar-refractivity contribution in [2.45, 2.75) is 0 Å². The molecule has 0 fully saturated rings. The second kappa shape index (κ2) is 8.60. The van der Waals surface area contributed by atoms with Crippen LogP contribution in [0, 0.1) is 32.8 Å². The first-order valence-corrected chi connectivity index (χ1v) is 7.52. The summed E-state index contributed by atoms with van der Waals surface area (Å²) in [6, 6.07) is 16.5. The topological polar surface area (TPSA) is 140 Å². The summed E-state index contributed by atoms with van der Waals surface area (Å²) >= 11 is 0. The van der Waals surface area contributed by atoms with Gasteiger partial charge < -0.3 is 10.4 Å². The molecule has 0 aliphatic heterocycles. The van der Waals surface area contributed by atoms with Crippen molar-refractivity contribution in [3.8, 4) is 12.1 Å². The van der Waals surface area contributed by atoms with E-state index in [0.717, 1.165) is 0 Å². The van der Waals surface area contributed by atoms with Crippen LogP contribution in [-0.2, 0) is 0 Å². The van der Waals surface area contributed by atoms with Gasteiger partial charge in [-0.1, -0.05) is 18.2 Å². The third-order valence-electron chi connectivity index (χ3n) is 3.41. The van der Waals surface area contributed by atoms with Crippen LogP contribution >= 0.6 is 0 Å². The van der Waals surface area contributed by atoms with Crippen molar-refractivity contribution in [3.05, 3.63) is 92.9 Å². The van der Waals surface area contributed by atoms with Crippen LogP contribution in [0.15, 0.2) is 71.6 Å². The molecule has 1 amide bonds. The molecule has 0 bridgehead atoms. The number of carbonyl (C=O) groups is 1. The molecule has 0 saturated heterocycles. The zero-order chi connectivity index (χ0) is 19.8. The highest BCUT2D eigenvalue weighted by Gasteiger charge is 2.15. The number of nitrogens with zero attached hydrogens (tertiary/aromatic N) is 3. The smallest absolute Gasteiger partial charge is 0.269 e. The number of allylic oxidation sites excluding steroid dienone is 1. The Balaban J connectivity index is 2.45. The van der Waals surface area contributed by atoms with E-state index in [1.807, 2.05) is 0 Å². The van der Waals surface area contributed by atoms with Crippen LogP contribution < -0.4 is 5.32 Å². The summed E-state index contributed by atoms with van der Waals surface area (Å²) in [5.74, 6) is -1.27. The molecule has 2 aromatic rings. The molecule has 27 heavy (non-hydrogen) atoms. The number of nitrogens with one attached hydrogen (secondary N) is 1. The first kappa shape index (κ1) is 18.9. The number of hydrogen-bond donors (Lipinski definition) is 2. The maximum absolute atomic E-state index is 12.4. The Kier molecular flexibility index (Phi) is 6.02. The van der Waals surface area contributed by atoms with Crippen molar-refractivity contribution in [1.82, 2.24) is 5.32 Å². The summed E-state index contributed by atoms with van der Waals surface area (Å²) < 4.78 is 0. The number of aliphatic hydroxyl groups excluding tert-OH is 1. The Morgan fingerprint density at radius 3 is 2.19 bits per heavy atom. The van der Waals surface area contributed by atoms with Gasteiger partial charge in [0.05, 0.1) is 10.6 Å². The van der Waals surface area contributed by atoms with Gasteiger partial charge in [-0.25, -0.2) is 0 Å². The van der Waals surface area contributed by atoms with Gasteiger partial charge in [0.2, 0.25) is 0 Å². The molecule has 0 unspecified atom stereocenters. The summed E-state index contributed by atoms with van der Waals surface area (Å²) in [7, 11) is 0. The van der Waals surface area contributed by atoms with E-state index in [0.29, 0.717) is 11.1 Å². The van der Waals surface area contributed by atoms with Gasteiger partial charge in [-0.15, -0.1) is 0 Å². The third-order valence-corrected chi connectivity index (χ3v) is 3.41. The monoisotopic (exact) mass is 360 g/mol. The van der Waals surface area contributed by atoms with Gasteiger partial charge in [0.15, 0.2) is 11.3 Å². The SMILES string of the molecule is N#CC(C#N)=C(O)C(=Cc1ccc([N+](=O)[O-])cc1)NC(=O)c1ccccc1. The molecule has 132 valence electrons. The third kappa shape index (κ3) is 4.78. The van der Waals surface area contributed by atoms with E-state index in [1.165, 1.54) is 30.3 Å². The molecule has 2 rings (SSSR count). The predicted molar refractivity (Wildman–Crippen MR) is 95.9 cm³/mol. The Hall–Kier alpha value is -4.43. The maximum atomic E-state index is 12.4. The number of hydrogen-bond acceptors (Lipinski definition) is 6. The van der Waals surface area contributed by atoms with Crippen molar-refractivity contribution in [2.24, 2.45) is 0 Å². The quantitative estimate of drug-likeness (QED) is 0.276. The fourth-order valence-corrected chi connectivity index (χ4v) is 2.07. The number of carbonyl (C=O) groups excluding carboxylic acids is 1. The minimum Gasteiger partial charge on any atom is -0.504 e. The molecule has 8 heteroatoms. The molecular weight excluding hydrogens is 348 g/mol. The maximum Gasteiger partial charge on any atom is 0.269 e. The Morgan fingerprint density at radius 2 is 1.67 bits per heavy atom. The van der Waals surface area contributed by atoms with Crippen LogP contribution in [-0.4, -0.2) is 15.9 Å². The number of aliphatic hydroxyl groups is 1. The lowest BCUT2D eigenvalue weighted by molar-refractivity contribution is -0.384. The first-order valence-electron chi connectivity index (χ1n) is 7.52. The summed E-state index contributed by atoms with van der Waals surface area (Å²) in [5.41, 5.74) is -0.190. The number of nitriles is 2. The number of non-ortho nitro benzene ring substituents is 1. The van der Waals surface area contributed by atoms with E-state index in [2.05, 4.69) is 5.32 Å². The highest BCUT2D eigenvalue weighted by Crippen LogP contribution is 2.18. The van der Waals surface area contributed by atoms with E-state index < -0.39 is 22.2 Å². The van der Waals surface area contributed by atoms with Gasteiger partial charge in [-0.3, -0.25) is 14.9 Å². The highest BCUT2D eigenvalue weighted by atomic mass is 16.6. The van der Waals surface area contributed by atoms with Gasteiger partial charge >= 0.3 is 0 Å². The van der Waals surface area contributed by atoms with E-state index in [9.17, 15) is 20.0 Å². The molecule has 0 atom stereocenters. The van der Waals surface area contributed by atoms with E-state index >= 15 is 0 Å². The van der Waals surface area contributed by atoms with Crippen LogP contribution in [0.2, 0.25) is 0 Å². The molecule has 8 nitrogen and oxygen atoms in total. The number of amides is 1. The van der Waals surface area contributed by atoms with Crippen molar-refractivity contribution >= 4 is 17.7 Å². The average molecular weight is 360 g/mol. The molecule has 0 radical (unpaired) electrons. The van der Waals surface area contributed by atoms with Crippen molar-refractivity contribution in [2.75, 3.05) is 0 Å². The molecule has 2 aromatic carbocycles. The Labute approximate surface area is 154 Å². The summed E-state index contributed by atoms with van der Waals surface area (Å²) in [6.45, 7) is 0. The van der Waals surface area contributed by atoms with Gasteiger partial charge in [-0.2, -0.15) is 10.5 Å². The van der Waals surface area contributed by atoms with Crippen molar-refractivity contribution in [1.29, 1.82) is 10.5 Å². The Morgan fingerprint density at radius 1 is 1.07 bits per heavy atom. The summed E-state index contributed by atoms with van der Waals surface area (Å²) in [4.78, 5) is 22.5. The molecule has 0 saturated carbocycles. The molecular formula is C19H12N4O4. The lowest BCUT2D eigenvalue weighted by atomic mass is 10.1. The average Bonchev–Trinajstić information content (AvgIpc) is 2.69. The largest absolute Gasteiger partial charge is 0.504 e. The van der Waals surface area contributed by atoms with Crippen molar-refractivity contribution < 1.29 is 14.8 Å². The molecule has 0 heterocycles. The van der Waals surface area contributed by atoms with Crippen LogP contribution in [0.25, 0.3) is 6.08 Å². The Bertz CT molecular complexity index is 994. The van der Waals surface area contributed by atoms with Crippen LogP contribution in [0.3, 0.4) is 0 Å². The molecule has 0 spiro atoms. The van der Waals surface area contributed by atoms with E-state index in [4.69, 9.17) is 10.5 Å². The molecule has 0 aliphatic rings. The van der Waals surface area contributed by atoms with Crippen LogP contribution in [0.1, 0.15) is 15.9 Å². The van der Waals surface area contributed by atoms with Crippen LogP contribution in [0.4, 0.5) is 5.69 Å². The predicted octanol–water partition coefficient (Wildman–Crippen LogP) is 3.22. The molecule has 0 aliphatic carbocycles. The van der Waals surface area contributed by atoms with Gasteiger partial charge in [0.1, 0.15) is 12.1 Å². The lowest BCUT2D eigenvalue weighted by Gasteiger charge is -2.10. The number of rotatable bonds is 5. The zero-order valence-corrected chi connectivity index (χ0v) is 13.8. The standard InChI is InChI=1S/C19H12N4O4/c20-11-15(12-21)18(24)17(22-19(25)14-4-2-1-3-5-14)10-13-6-8-16(9-7-13)23(26)27/h1-10,24H,(H,22,25). The van der Waals surface area contributed by atoms with E-state index in [-0.39, 0.29) is 11.4 Å². The van der Waals surface area contributed by atoms with Gasteiger partial charge in [0.25, 0.3) is 11.6 Å². The number of benzene rings is 2. The number of nitro benzene ring substituents is 1. The van der Waals surface area contributed by atoms with Crippen molar-refractivity contribution in [3.63, 3.8) is 0 Å². The fourth-order valence-electron chi connectivity index (χ4n) is 2.07. The minimum absolute atomic E-state index is 0.128. The lowest BCUT2D eigenvalue weighted by Crippen LogP contribution is -2.24. The minimum atomic E-state index is -0.706. The van der Waals surface area contributed by atoms with Gasteiger partial charge in [0, 0.05) is 17.7 Å². The normalized spacial score (nSPS) is 10.2. The zero-order valence-electron chi connectivity index (χ0n) is 13.8.